The summed E-state index contributed by atoms with van der Waals surface area (Å²) in [5.41, 5.74) is 2.90. The van der Waals surface area contributed by atoms with Crippen molar-refractivity contribution < 1.29 is 14.4 Å². The fourth-order valence-corrected chi connectivity index (χ4v) is 3.35. The minimum atomic E-state index is -0.419. The van der Waals surface area contributed by atoms with E-state index >= 15 is 0 Å². The standard InChI is InChI=1S/C22H25N3O3/c1-3-24(4-2)14-17-10-6-5-9-16(17)13-23-20(26)15-25-21(27)18-11-7-8-12-19(18)22(25)28/h5-12H,3-4,13-15H2,1-2H3,(H,23,26). The zero-order chi connectivity index (χ0) is 20.1. The number of nitrogens with zero attached hydrogens (tertiary/aromatic N) is 2. The van der Waals surface area contributed by atoms with Crippen LogP contribution >= 0.6 is 0 Å². The van der Waals surface area contributed by atoms with Crippen LogP contribution in [0.4, 0.5) is 0 Å². The molecule has 1 N–H and O–H groups in total. The van der Waals surface area contributed by atoms with E-state index in [4.69, 9.17) is 0 Å². The van der Waals surface area contributed by atoms with Gasteiger partial charge in [-0.1, -0.05) is 50.2 Å². The van der Waals surface area contributed by atoms with Crippen LogP contribution < -0.4 is 5.32 Å². The summed E-state index contributed by atoms with van der Waals surface area (Å²) in [6.45, 7) is 7.06. The molecule has 2 aromatic rings. The highest BCUT2D eigenvalue weighted by atomic mass is 16.2. The highest BCUT2D eigenvalue weighted by molar-refractivity contribution is 6.22. The molecule has 0 aliphatic carbocycles. The van der Waals surface area contributed by atoms with Crippen molar-refractivity contribution in [3.05, 3.63) is 70.8 Å². The molecule has 0 fully saturated rings. The highest BCUT2D eigenvalue weighted by Crippen LogP contribution is 2.22. The van der Waals surface area contributed by atoms with E-state index in [0.717, 1.165) is 35.7 Å². The second kappa shape index (κ2) is 8.80. The first-order chi connectivity index (χ1) is 13.5. The third-order valence-electron chi connectivity index (χ3n) is 5.06. The summed E-state index contributed by atoms with van der Waals surface area (Å²) >= 11 is 0. The molecule has 6 heteroatoms. The Balaban J connectivity index is 1.62. The summed E-state index contributed by atoms with van der Waals surface area (Å²) in [7, 11) is 0. The second-order valence-electron chi connectivity index (χ2n) is 6.75. The molecule has 1 aliphatic rings. The van der Waals surface area contributed by atoms with Crippen LogP contribution in [0.5, 0.6) is 0 Å². The van der Waals surface area contributed by atoms with Crippen LogP contribution in [-0.4, -0.2) is 47.2 Å². The highest BCUT2D eigenvalue weighted by Gasteiger charge is 2.36. The van der Waals surface area contributed by atoms with Gasteiger partial charge in [0, 0.05) is 13.1 Å². The maximum absolute atomic E-state index is 12.4. The first kappa shape index (κ1) is 19.8. The van der Waals surface area contributed by atoms with Gasteiger partial charge >= 0.3 is 0 Å². The van der Waals surface area contributed by atoms with Gasteiger partial charge in [0.1, 0.15) is 6.54 Å². The topological polar surface area (TPSA) is 69.7 Å². The summed E-state index contributed by atoms with van der Waals surface area (Å²) in [5, 5.41) is 2.84. The Bertz CT molecular complexity index is 855. The van der Waals surface area contributed by atoms with Gasteiger partial charge in [0.25, 0.3) is 11.8 Å². The Kier molecular flexibility index (Phi) is 6.21. The van der Waals surface area contributed by atoms with Gasteiger partial charge in [-0.25, -0.2) is 0 Å². The average molecular weight is 379 g/mol. The number of amides is 3. The third kappa shape index (κ3) is 4.12. The van der Waals surface area contributed by atoms with Crippen LogP contribution in [0.25, 0.3) is 0 Å². The van der Waals surface area contributed by atoms with Gasteiger partial charge in [-0.15, -0.1) is 0 Å². The predicted molar refractivity (Wildman–Crippen MR) is 107 cm³/mol. The van der Waals surface area contributed by atoms with Crippen molar-refractivity contribution in [2.75, 3.05) is 19.6 Å². The van der Waals surface area contributed by atoms with Crippen molar-refractivity contribution in [3.8, 4) is 0 Å². The van der Waals surface area contributed by atoms with E-state index in [1.165, 1.54) is 0 Å². The quantitative estimate of drug-likeness (QED) is 0.716. The molecule has 28 heavy (non-hydrogen) atoms. The van der Waals surface area contributed by atoms with Crippen molar-refractivity contribution >= 4 is 17.7 Å². The monoisotopic (exact) mass is 379 g/mol. The van der Waals surface area contributed by atoms with Gasteiger partial charge in [-0.3, -0.25) is 24.2 Å². The van der Waals surface area contributed by atoms with E-state index in [0.29, 0.717) is 17.7 Å². The molecule has 3 rings (SSSR count). The van der Waals surface area contributed by atoms with Gasteiger partial charge in [-0.2, -0.15) is 0 Å². The minimum absolute atomic E-state index is 0.273. The van der Waals surface area contributed by atoms with E-state index in [1.54, 1.807) is 24.3 Å². The number of carbonyl (C=O) groups is 3. The number of carbonyl (C=O) groups excluding carboxylic acids is 3. The van der Waals surface area contributed by atoms with Crippen molar-refractivity contribution in [1.82, 2.24) is 15.1 Å². The summed E-state index contributed by atoms with van der Waals surface area (Å²) in [6.07, 6.45) is 0. The number of imide groups is 1. The number of nitrogens with one attached hydrogen (secondary N) is 1. The zero-order valence-corrected chi connectivity index (χ0v) is 16.3. The largest absolute Gasteiger partial charge is 0.350 e. The molecule has 1 aliphatic heterocycles. The van der Waals surface area contributed by atoms with Crippen LogP contribution in [-0.2, 0) is 17.9 Å². The van der Waals surface area contributed by atoms with Gasteiger partial charge < -0.3 is 5.32 Å². The van der Waals surface area contributed by atoms with Gasteiger partial charge in [0.15, 0.2) is 0 Å². The molecule has 1 heterocycles. The first-order valence-electron chi connectivity index (χ1n) is 9.56. The summed E-state index contributed by atoms with van der Waals surface area (Å²) in [6, 6.07) is 14.6. The normalized spacial score (nSPS) is 13.2. The molecular weight excluding hydrogens is 354 g/mol. The van der Waals surface area contributed by atoms with E-state index in [2.05, 4.69) is 30.1 Å². The maximum atomic E-state index is 12.4. The molecule has 146 valence electrons. The van der Waals surface area contributed by atoms with Gasteiger partial charge in [-0.05, 0) is 36.3 Å². The molecule has 0 bridgehead atoms. The number of rotatable bonds is 8. The lowest BCUT2D eigenvalue weighted by Gasteiger charge is -2.20. The molecule has 0 saturated heterocycles. The number of hydrogen-bond donors (Lipinski definition) is 1. The molecule has 3 amide bonds. The number of benzene rings is 2. The number of fused-ring (bicyclic) bond motifs is 1. The third-order valence-corrected chi connectivity index (χ3v) is 5.06. The van der Waals surface area contributed by atoms with Crippen LogP contribution in [0.2, 0.25) is 0 Å². The van der Waals surface area contributed by atoms with E-state index in [-0.39, 0.29) is 12.5 Å². The Morgan fingerprint density at radius 1 is 0.893 bits per heavy atom. The van der Waals surface area contributed by atoms with Crippen LogP contribution in [0, 0.1) is 0 Å². The average Bonchev–Trinajstić information content (AvgIpc) is 2.96. The lowest BCUT2D eigenvalue weighted by Crippen LogP contribution is -2.40. The minimum Gasteiger partial charge on any atom is -0.350 e. The molecule has 0 atom stereocenters. The summed E-state index contributed by atoms with van der Waals surface area (Å²) < 4.78 is 0. The van der Waals surface area contributed by atoms with Crippen LogP contribution in [0.3, 0.4) is 0 Å². The molecule has 0 unspecified atom stereocenters. The van der Waals surface area contributed by atoms with Gasteiger partial charge in [0.05, 0.1) is 11.1 Å². The maximum Gasteiger partial charge on any atom is 0.262 e. The van der Waals surface area contributed by atoms with Crippen molar-refractivity contribution in [3.63, 3.8) is 0 Å². The van der Waals surface area contributed by atoms with E-state index in [1.807, 2.05) is 18.2 Å². The van der Waals surface area contributed by atoms with Crippen molar-refractivity contribution in [2.45, 2.75) is 26.9 Å². The smallest absolute Gasteiger partial charge is 0.262 e. The molecule has 0 aromatic heterocycles. The lowest BCUT2D eigenvalue weighted by molar-refractivity contribution is -0.121. The molecule has 6 nitrogen and oxygen atoms in total. The zero-order valence-electron chi connectivity index (χ0n) is 16.3. The Morgan fingerprint density at radius 2 is 1.43 bits per heavy atom. The molecule has 0 saturated carbocycles. The van der Waals surface area contributed by atoms with Crippen LogP contribution in [0.1, 0.15) is 45.7 Å². The fourth-order valence-electron chi connectivity index (χ4n) is 3.35. The van der Waals surface area contributed by atoms with E-state index < -0.39 is 11.8 Å². The summed E-state index contributed by atoms with van der Waals surface area (Å²) in [5.74, 6) is -1.19. The Hall–Kier alpha value is -2.99. The summed E-state index contributed by atoms with van der Waals surface area (Å²) in [4.78, 5) is 40.5. The van der Waals surface area contributed by atoms with Crippen LogP contribution in [0.15, 0.2) is 48.5 Å². The number of hydrogen-bond acceptors (Lipinski definition) is 4. The Morgan fingerprint density at radius 3 is 2.00 bits per heavy atom. The van der Waals surface area contributed by atoms with Crippen molar-refractivity contribution in [2.24, 2.45) is 0 Å². The van der Waals surface area contributed by atoms with Crippen molar-refractivity contribution in [1.29, 1.82) is 0 Å². The predicted octanol–water partition coefficient (Wildman–Crippen LogP) is 2.44. The molecule has 0 radical (unpaired) electrons. The Labute approximate surface area is 165 Å². The molecular formula is C22H25N3O3. The van der Waals surface area contributed by atoms with E-state index in [9.17, 15) is 14.4 Å². The first-order valence-corrected chi connectivity index (χ1v) is 9.56. The fraction of sp³-hybridized carbons (Fsp3) is 0.318. The molecule has 0 spiro atoms. The van der Waals surface area contributed by atoms with Gasteiger partial charge in [0.2, 0.25) is 5.91 Å². The molecule has 2 aromatic carbocycles. The lowest BCUT2D eigenvalue weighted by atomic mass is 10.1. The SMILES string of the molecule is CCN(CC)Cc1ccccc1CNC(=O)CN1C(=O)c2ccccc2C1=O. The second-order valence-corrected chi connectivity index (χ2v) is 6.75.